The molecular formula is C16H24N2O. The normalized spacial score (nSPS) is 35.3. The van der Waals surface area contributed by atoms with E-state index in [4.69, 9.17) is 5.73 Å². The number of likely N-dealkylation sites (tertiary alicyclic amines) is 1. The molecule has 19 heavy (non-hydrogen) atoms. The van der Waals surface area contributed by atoms with Gasteiger partial charge in [-0.1, -0.05) is 36.8 Å². The maximum Gasteiger partial charge on any atom is 0.0661 e. The Labute approximate surface area is 115 Å². The Morgan fingerprint density at radius 2 is 2.11 bits per heavy atom. The maximum absolute atomic E-state index is 10.5. The number of benzene rings is 1. The first kappa shape index (κ1) is 13.1. The second kappa shape index (κ2) is 5.23. The van der Waals surface area contributed by atoms with Crippen molar-refractivity contribution in [1.82, 2.24) is 4.90 Å². The molecule has 2 aliphatic rings. The number of rotatable bonds is 3. The van der Waals surface area contributed by atoms with Crippen LogP contribution in [0, 0.1) is 11.3 Å². The van der Waals surface area contributed by atoms with Crippen LogP contribution < -0.4 is 5.73 Å². The summed E-state index contributed by atoms with van der Waals surface area (Å²) in [4.78, 5) is 2.48. The van der Waals surface area contributed by atoms with Crippen molar-refractivity contribution in [2.45, 2.75) is 31.9 Å². The summed E-state index contributed by atoms with van der Waals surface area (Å²) in [5, 5.41) is 10.5. The fourth-order valence-corrected chi connectivity index (χ4v) is 3.98. The predicted molar refractivity (Wildman–Crippen MR) is 76.6 cm³/mol. The van der Waals surface area contributed by atoms with Gasteiger partial charge in [0.2, 0.25) is 0 Å². The molecule has 3 nitrogen and oxygen atoms in total. The topological polar surface area (TPSA) is 49.5 Å². The Kier molecular flexibility index (Phi) is 3.61. The van der Waals surface area contributed by atoms with E-state index < -0.39 is 0 Å². The van der Waals surface area contributed by atoms with Crippen molar-refractivity contribution in [2.24, 2.45) is 17.1 Å². The number of aliphatic hydroxyl groups is 1. The zero-order valence-electron chi connectivity index (χ0n) is 11.5. The highest BCUT2D eigenvalue weighted by Gasteiger charge is 2.48. The first-order chi connectivity index (χ1) is 9.23. The second-order valence-electron chi connectivity index (χ2n) is 6.32. The fraction of sp³-hybridized carbons (Fsp3) is 0.625. The number of nitrogens with two attached hydrogens (primary N) is 1. The molecule has 0 aromatic heterocycles. The Bertz CT molecular complexity index is 422. The van der Waals surface area contributed by atoms with Crippen LogP contribution in [-0.2, 0) is 6.54 Å². The van der Waals surface area contributed by atoms with Gasteiger partial charge in [0.25, 0.3) is 0 Å². The van der Waals surface area contributed by atoms with Crippen LogP contribution in [-0.4, -0.2) is 35.7 Å². The van der Waals surface area contributed by atoms with Crippen LogP contribution in [0.2, 0.25) is 0 Å². The second-order valence-corrected chi connectivity index (χ2v) is 6.32. The van der Waals surface area contributed by atoms with E-state index in [9.17, 15) is 5.11 Å². The standard InChI is InChI=1S/C16H24N2O/c17-11-16-8-4-7-14(15(16)19)10-18(12-16)9-13-5-2-1-3-6-13/h1-3,5-6,14-15,19H,4,7-12,17H2/t14-,15-,16+/m0/s1. The summed E-state index contributed by atoms with van der Waals surface area (Å²) in [6.45, 7) is 3.54. The smallest absolute Gasteiger partial charge is 0.0661 e. The summed E-state index contributed by atoms with van der Waals surface area (Å²) in [7, 11) is 0. The minimum atomic E-state index is -0.196. The predicted octanol–water partition coefficient (Wildman–Crippen LogP) is 1.61. The average Bonchev–Trinajstić information content (AvgIpc) is 2.42. The molecule has 3 N–H and O–H groups in total. The number of hydrogen-bond acceptors (Lipinski definition) is 3. The zero-order chi connectivity index (χ0) is 13.3. The average molecular weight is 260 g/mol. The van der Waals surface area contributed by atoms with Crippen LogP contribution in [0.5, 0.6) is 0 Å². The van der Waals surface area contributed by atoms with E-state index in [1.54, 1.807) is 0 Å². The maximum atomic E-state index is 10.5. The minimum Gasteiger partial charge on any atom is -0.392 e. The monoisotopic (exact) mass is 260 g/mol. The molecule has 1 saturated heterocycles. The molecule has 2 fully saturated rings. The molecule has 1 aromatic carbocycles. The van der Waals surface area contributed by atoms with Gasteiger partial charge in [-0.05, 0) is 24.3 Å². The zero-order valence-corrected chi connectivity index (χ0v) is 11.5. The molecule has 2 bridgehead atoms. The number of aliphatic hydroxyl groups excluding tert-OH is 1. The van der Waals surface area contributed by atoms with E-state index >= 15 is 0 Å². The van der Waals surface area contributed by atoms with E-state index in [0.29, 0.717) is 12.5 Å². The van der Waals surface area contributed by atoms with Crippen LogP contribution in [0.1, 0.15) is 24.8 Å². The molecule has 1 heterocycles. The van der Waals surface area contributed by atoms with Gasteiger partial charge in [-0.25, -0.2) is 0 Å². The highest BCUT2D eigenvalue weighted by molar-refractivity contribution is 5.15. The first-order valence-corrected chi connectivity index (χ1v) is 7.38. The first-order valence-electron chi connectivity index (χ1n) is 7.38. The Balaban J connectivity index is 1.75. The molecule has 0 spiro atoms. The number of nitrogens with zero attached hydrogens (tertiary/aromatic N) is 1. The molecule has 0 amide bonds. The van der Waals surface area contributed by atoms with E-state index in [0.717, 1.165) is 32.5 Å². The van der Waals surface area contributed by atoms with E-state index in [2.05, 4.69) is 35.2 Å². The Hall–Kier alpha value is -0.900. The van der Waals surface area contributed by atoms with Crippen molar-refractivity contribution in [2.75, 3.05) is 19.6 Å². The quantitative estimate of drug-likeness (QED) is 0.868. The lowest BCUT2D eigenvalue weighted by Gasteiger charge is -2.53. The van der Waals surface area contributed by atoms with Crippen LogP contribution in [0.15, 0.2) is 30.3 Å². The molecule has 1 saturated carbocycles. The van der Waals surface area contributed by atoms with Crippen LogP contribution in [0.3, 0.4) is 0 Å². The molecule has 3 heteroatoms. The lowest BCUT2D eigenvalue weighted by atomic mass is 9.64. The number of fused-ring (bicyclic) bond motifs is 2. The Morgan fingerprint density at radius 1 is 1.32 bits per heavy atom. The van der Waals surface area contributed by atoms with Gasteiger partial charge in [0.1, 0.15) is 0 Å². The van der Waals surface area contributed by atoms with E-state index in [1.807, 2.05) is 0 Å². The van der Waals surface area contributed by atoms with Crippen molar-refractivity contribution in [3.63, 3.8) is 0 Å². The summed E-state index contributed by atoms with van der Waals surface area (Å²) in [5.41, 5.74) is 7.30. The van der Waals surface area contributed by atoms with Gasteiger partial charge in [-0.15, -0.1) is 0 Å². The van der Waals surface area contributed by atoms with Crippen molar-refractivity contribution < 1.29 is 5.11 Å². The van der Waals surface area contributed by atoms with Gasteiger partial charge in [-0.2, -0.15) is 0 Å². The molecule has 1 aliphatic carbocycles. The molecule has 1 aromatic rings. The van der Waals surface area contributed by atoms with E-state index in [-0.39, 0.29) is 11.5 Å². The van der Waals surface area contributed by atoms with Crippen molar-refractivity contribution in [1.29, 1.82) is 0 Å². The lowest BCUT2D eigenvalue weighted by Crippen LogP contribution is -2.61. The molecule has 3 rings (SSSR count). The van der Waals surface area contributed by atoms with Crippen molar-refractivity contribution in [3.8, 4) is 0 Å². The van der Waals surface area contributed by atoms with Gasteiger partial charge >= 0.3 is 0 Å². The van der Waals surface area contributed by atoms with Crippen LogP contribution in [0.25, 0.3) is 0 Å². The molecule has 104 valence electrons. The van der Waals surface area contributed by atoms with Gasteiger partial charge in [0, 0.05) is 31.6 Å². The van der Waals surface area contributed by atoms with Crippen molar-refractivity contribution in [3.05, 3.63) is 35.9 Å². The highest BCUT2D eigenvalue weighted by Crippen LogP contribution is 2.43. The van der Waals surface area contributed by atoms with Gasteiger partial charge in [-0.3, -0.25) is 4.90 Å². The third kappa shape index (κ3) is 2.42. The molecule has 0 radical (unpaired) electrons. The fourth-order valence-electron chi connectivity index (χ4n) is 3.98. The summed E-state index contributed by atoms with van der Waals surface area (Å²) in [5.74, 6) is 0.412. The summed E-state index contributed by atoms with van der Waals surface area (Å²) in [6, 6.07) is 10.6. The third-order valence-corrected chi connectivity index (χ3v) is 5.01. The van der Waals surface area contributed by atoms with Gasteiger partial charge in [0.05, 0.1) is 6.10 Å². The molecule has 0 unspecified atom stereocenters. The van der Waals surface area contributed by atoms with Gasteiger partial charge < -0.3 is 10.8 Å². The number of piperidine rings is 1. The number of hydrogen-bond donors (Lipinski definition) is 2. The molecule has 3 atom stereocenters. The summed E-state index contributed by atoms with van der Waals surface area (Å²) < 4.78 is 0. The van der Waals surface area contributed by atoms with E-state index in [1.165, 1.54) is 12.0 Å². The summed E-state index contributed by atoms with van der Waals surface area (Å²) in [6.07, 6.45) is 3.25. The lowest BCUT2D eigenvalue weighted by molar-refractivity contribution is -0.111. The summed E-state index contributed by atoms with van der Waals surface area (Å²) >= 11 is 0. The van der Waals surface area contributed by atoms with Gasteiger partial charge in [0.15, 0.2) is 0 Å². The third-order valence-electron chi connectivity index (χ3n) is 5.01. The highest BCUT2D eigenvalue weighted by atomic mass is 16.3. The van der Waals surface area contributed by atoms with Crippen LogP contribution >= 0.6 is 0 Å². The largest absolute Gasteiger partial charge is 0.392 e. The Morgan fingerprint density at radius 3 is 2.84 bits per heavy atom. The van der Waals surface area contributed by atoms with Crippen molar-refractivity contribution >= 4 is 0 Å². The molecule has 1 aliphatic heterocycles. The molecular weight excluding hydrogens is 236 g/mol. The van der Waals surface area contributed by atoms with Crippen LogP contribution in [0.4, 0.5) is 0 Å². The SMILES string of the molecule is NC[C@]12CCC[C@@H](CN(Cc3ccccc3)C1)[C@@H]2O. The minimum absolute atomic E-state index is 0.0596.